The van der Waals surface area contributed by atoms with Crippen LogP contribution in [-0.2, 0) is 6.54 Å². The molecule has 0 spiro atoms. The summed E-state index contributed by atoms with van der Waals surface area (Å²) < 4.78 is 12.2. The molecule has 0 radical (unpaired) electrons. The molecule has 1 aromatic heterocycles. The summed E-state index contributed by atoms with van der Waals surface area (Å²) in [4.78, 5) is 4.20. The highest BCUT2D eigenvalue weighted by molar-refractivity contribution is 7.80. The molecule has 0 amide bonds. The number of hydrogen-bond donors (Lipinski definition) is 2. The van der Waals surface area contributed by atoms with Gasteiger partial charge in [-0.1, -0.05) is 29.3 Å². The van der Waals surface area contributed by atoms with E-state index in [2.05, 4.69) is 20.7 Å². The fraction of sp³-hybridized carbons (Fsp3) is 0.167. The quantitative estimate of drug-likeness (QED) is 0.551. The molecule has 0 fully saturated rings. The average molecular weight is 438 g/mol. The van der Waals surface area contributed by atoms with Gasteiger partial charge in [0.05, 0.1) is 30.8 Å². The summed E-state index contributed by atoms with van der Waals surface area (Å²) in [6.07, 6.45) is 1.60. The van der Waals surface area contributed by atoms with Gasteiger partial charge >= 0.3 is 0 Å². The molecular weight excluding hydrogens is 421 g/mol. The highest BCUT2D eigenvalue weighted by Crippen LogP contribution is 2.29. The van der Waals surface area contributed by atoms with Crippen molar-refractivity contribution in [1.29, 1.82) is 0 Å². The van der Waals surface area contributed by atoms with Gasteiger partial charge in [0, 0.05) is 11.8 Å². The number of anilines is 2. The number of rotatable bonds is 6. The fourth-order valence-corrected chi connectivity index (χ4v) is 2.96. The monoisotopic (exact) mass is 437 g/mol. The van der Waals surface area contributed by atoms with Crippen LogP contribution in [0.2, 0.25) is 10.0 Å². The predicted molar refractivity (Wildman–Crippen MR) is 115 cm³/mol. The number of benzene rings is 2. The number of hydrogen-bond acceptors (Lipinski definition) is 5. The van der Waals surface area contributed by atoms with Gasteiger partial charge in [-0.2, -0.15) is 0 Å². The van der Waals surface area contributed by atoms with Crippen LogP contribution in [0.5, 0.6) is 11.5 Å². The van der Waals surface area contributed by atoms with Gasteiger partial charge in [-0.05, 0) is 42.0 Å². The zero-order valence-corrected chi connectivity index (χ0v) is 17.4. The molecule has 0 aliphatic heterocycles. The van der Waals surface area contributed by atoms with E-state index in [1.165, 1.54) is 0 Å². The number of nitrogens with zero attached hydrogens (tertiary/aromatic N) is 3. The lowest BCUT2D eigenvalue weighted by atomic mass is 10.2. The Bertz CT molecular complexity index is 996. The van der Waals surface area contributed by atoms with Gasteiger partial charge < -0.3 is 14.8 Å². The predicted octanol–water partition coefficient (Wildman–Crippen LogP) is 4.46. The maximum absolute atomic E-state index is 6.04. The van der Waals surface area contributed by atoms with Crippen molar-refractivity contribution < 1.29 is 9.47 Å². The first-order valence-electron chi connectivity index (χ1n) is 8.12. The first kappa shape index (κ1) is 20.2. The number of ether oxygens (including phenoxy) is 2. The van der Waals surface area contributed by atoms with E-state index < -0.39 is 0 Å². The summed E-state index contributed by atoms with van der Waals surface area (Å²) in [5.74, 6) is 1.60. The van der Waals surface area contributed by atoms with Crippen LogP contribution in [0.25, 0.3) is 0 Å². The maximum Gasteiger partial charge on any atom is 0.248 e. The molecule has 0 unspecified atom stereocenters. The molecule has 2 N–H and O–H groups in total. The van der Waals surface area contributed by atoms with Gasteiger partial charge in [0.25, 0.3) is 0 Å². The Balaban J connectivity index is 1.61. The van der Waals surface area contributed by atoms with Crippen LogP contribution < -0.4 is 20.1 Å². The molecule has 0 atom stereocenters. The zero-order valence-electron chi connectivity index (χ0n) is 15.1. The van der Waals surface area contributed by atoms with E-state index >= 15 is 0 Å². The smallest absolute Gasteiger partial charge is 0.248 e. The van der Waals surface area contributed by atoms with Crippen molar-refractivity contribution in [2.75, 3.05) is 24.9 Å². The number of methoxy groups -OCH3 is 2. The van der Waals surface area contributed by atoms with Crippen LogP contribution in [0, 0.1) is 0 Å². The van der Waals surface area contributed by atoms with Crippen LogP contribution in [0.4, 0.5) is 11.6 Å². The summed E-state index contributed by atoms with van der Waals surface area (Å²) in [5, 5.41) is 11.7. The van der Waals surface area contributed by atoms with E-state index in [4.69, 9.17) is 44.9 Å². The zero-order chi connectivity index (χ0) is 20.1. The summed E-state index contributed by atoms with van der Waals surface area (Å²) in [6, 6.07) is 10.8. The highest BCUT2D eigenvalue weighted by Gasteiger charge is 2.08. The summed E-state index contributed by atoms with van der Waals surface area (Å²) in [6.45, 7) is 0.501. The molecule has 1 heterocycles. The van der Waals surface area contributed by atoms with E-state index in [-0.39, 0.29) is 0 Å². The molecule has 10 heteroatoms. The second-order valence-corrected chi connectivity index (χ2v) is 6.89. The third kappa shape index (κ3) is 5.03. The van der Waals surface area contributed by atoms with Crippen LogP contribution >= 0.6 is 35.4 Å². The Morgan fingerprint density at radius 1 is 1.04 bits per heavy atom. The Morgan fingerprint density at radius 2 is 1.82 bits per heavy atom. The molecular formula is C18H17Cl2N5O2S. The van der Waals surface area contributed by atoms with E-state index in [0.29, 0.717) is 39.1 Å². The Kier molecular flexibility index (Phi) is 6.56. The van der Waals surface area contributed by atoms with E-state index in [1.807, 2.05) is 12.1 Å². The third-order valence-electron chi connectivity index (χ3n) is 3.73. The lowest BCUT2D eigenvalue weighted by Crippen LogP contribution is -2.20. The Hall–Kier alpha value is -2.55. The second kappa shape index (κ2) is 9.09. The number of nitrogens with one attached hydrogen (secondary N) is 2. The van der Waals surface area contributed by atoms with Crippen LogP contribution in [0.3, 0.4) is 0 Å². The molecule has 0 saturated carbocycles. The molecule has 0 aliphatic rings. The van der Waals surface area contributed by atoms with E-state index in [0.717, 1.165) is 11.3 Å². The standard InChI is InChI=1S/C18H17Cl2N5O2S/c1-26-15-6-4-12(8-16(15)27-2)22-18(28)23-17-21-10-25(24-17)9-11-3-5-13(19)14(20)7-11/h3-8,10H,9H2,1-2H3,(H2,22,23,24,28). The van der Waals surface area contributed by atoms with Crippen molar-refractivity contribution in [1.82, 2.24) is 14.8 Å². The molecule has 0 saturated heterocycles. The van der Waals surface area contributed by atoms with Crippen molar-refractivity contribution in [2.45, 2.75) is 6.54 Å². The molecule has 28 heavy (non-hydrogen) atoms. The average Bonchev–Trinajstić information content (AvgIpc) is 3.11. The first-order valence-corrected chi connectivity index (χ1v) is 9.28. The second-order valence-electron chi connectivity index (χ2n) is 5.66. The van der Waals surface area contributed by atoms with Gasteiger partial charge in [-0.25, -0.2) is 9.67 Å². The topological polar surface area (TPSA) is 73.2 Å². The number of halogens is 2. The fourth-order valence-electron chi connectivity index (χ4n) is 2.43. The van der Waals surface area contributed by atoms with Crippen molar-refractivity contribution in [2.24, 2.45) is 0 Å². The number of aromatic nitrogens is 3. The first-order chi connectivity index (χ1) is 13.5. The maximum atomic E-state index is 6.04. The van der Waals surface area contributed by atoms with Crippen LogP contribution in [-0.4, -0.2) is 34.1 Å². The molecule has 3 aromatic rings. The van der Waals surface area contributed by atoms with Crippen LogP contribution in [0.15, 0.2) is 42.7 Å². The van der Waals surface area contributed by atoms with Gasteiger partial charge in [0.15, 0.2) is 16.6 Å². The van der Waals surface area contributed by atoms with Gasteiger partial charge in [0.2, 0.25) is 5.95 Å². The molecule has 146 valence electrons. The SMILES string of the molecule is COc1ccc(NC(=S)Nc2ncn(Cc3ccc(Cl)c(Cl)c3)n2)cc1OC. The van der Waals surface area contributed by atoms with E-state index in [1.54, 1.807) is 49.5 Å². The van der Waals surface area contributed by atoms with Gasteiger partial charge in [0.1, 0.15) is 6.33 Å². The Labute approximate surface area is 177 Å². The molecule has 3 rings (SSSR count). The minimum atomic E-state index is 0.347. The van der Waals surface area contributed by atoms with Crippen molar-refractivity contribution in [3.63, 3.8) is 0 Å². The Morgan fingerprint density at radius 3 is 2.54 bits per heavy atom. The van der Waals surface area contributed by atoms with Gasteiger partial charge in [-0.3, -0.25) is 5.32 Å². The highest BCUT2D eigenvalue weighted by atomic mass is 35.5. The number of thiocarbonyl (C=S) groups is 1. The van der Waals surface area contributed by atoms with Crippen molar-refractivity contribution in [3.05, 3.63) is 58.3 Å². The molecule has 0 bridgehead atoms. The summed E-state index contributed by atoms with van der Waals surface area (Å²) in [5.41, 5.74) is 1.70. The molecule has 0 aliphatic carbocycles. The molecule has 7 nitrogen and oxygen atoms in total. The lowest BCUT2D eigenvalue weighted by molar-refractivity contribution is 0.355. The minimum Gasteiger partial charge on any atom is -0.493 e. The van der Waals surface area contributed by atoms with Crippen molar-refractivity contribution in [3.8, 4) is 11.5 Å². The third-order valence-corrected chi connectivity index (χ3v) is 4.67. The summed E-state index contributed by atoms with van der Waals surface area (Å²) >= 11 is 17.3. The summed E-state index contributed by atoms with van der Waals surface area (Å²) in [7, 11) is 3.15. The molecule has 2 aromatic carbocycles. The van der Waals surface area contributed by atoms with Gasteiger partial charge in [-0.15, -0.1) is 5.10 Å². The van der Waals surface area contributed by atoms with Crippen LogP contribution in [0.1, 0.15) is 5.56 Å². The minimum absolute atomic E-state index is 0.347. The normalized spacial score (nSPS) is 10.4. The lowest BCUT2D eigenvalue weighted by Gasteiger charge is -2.11. The van der Waals surface area contributed by atoms with Crippen molar-refractivity contribution >= 4 is 52.2 Å². The van der Waals surface area contributed by atoms with E-state index in [9.17, 15) is 0 Å². The largest absolute Gasteiger partial charge is 0.493 e.